The minimum Gasteiger partial charge on any atom is -0.438 e. The molecule has 0 atom stereocenters. The molecule has 22 aromatic rings. The molecular weight excluding hydrogens is 1450 g/mol. The molecule has 15 aromatic carbocycles. The molecule has 22 rings (SSSR count). The molecule has 7 aromatic heterocycles. The zero-order valence-electron chi connectivity index (χ0n) is 63.4. The fourth-order valence-corrected chi connectivity index (χ4v) is 15.6. The molecule has 0 amide bonds. The highest BCUT2D eigenvalue weighted by molar-refractivity contribution is 6.18. The number of furan rings is 2. The molecule has 0 spiro atoms. The van der Waals surface area contributed by atoms with Crippen molar-refractivity contribution in [3.63, 3.8) is 0 Å². The van der Waals surface area contributed by atoms with Crippen LogP contribution in [-0.2, 0) is 0 Å². The maximum atomic E-state index is 6.25. The van der Waals surface area contributed by atoms with E-state index in [2.05, 4.69) is 261 Å². The summed E-state index contributed by atoms with van der Waals surface area (Å²) in [5.41, 5.74) is 30.1. The Bertz CT molecular complexity index is 7510. The molecule has 12 heteroatoms. The van der Waals surface area contributed by atoms with Gasteiger partial charge in [0.25, 0.3) is 0 Å². The first-order valence-corrected chi connectivity index (χ1v) is 39.1. The number of rotatable bonds is 14. The molecule has 0 aliphatic heterocycles. The van der Waals surface area contributed by atoms with Crippen molar-refractivity contribution in [1.29, 1.82) is 0 Å². The largest absolute Gasteiger partial charge is 0.438 e. The summed E-state index contributed by atoms with van der Waals surface area (Å²) in [6.07, 6.45) is 1.83. The normalized spacial score (nSPS) is 11.4. The van der Waals surface area contributed by atoms with Crippen molar-refractivity contribution in [2.24, 2.45) is 0 Å². The van der Waals surface area contributed by atoms with Crippen molar-refractivity contribution in [3.05, 3.63) is 401 Å². The lowest BCUT2D eigenvalue weighted by Crippen LogP contribution is -2.00. The molecule has 118 heavy (non-hydrogen) atoms. The zero-order chi connectivity index (χ0) is 78.2. The van der Waals surface area contributed by atoms with Crippen molar-refractivity contribution in [1.82, 2.24) is 49.8 Å². The lowest BCUT2D eigenvalue weighted by molar-refractivity contribution is 0.655. The Labute approximate surface area is 678 Å². The maximum absolute atomic E-state index is 6.25. The Morgan fingerprint density at radius 3 is 0.949 bits per heavy atom. The smallest absolute Gasteiger partial charge is 0.246 e. The van der Waals surface area contributed by atoms with E-state index in [0.29, 0.717) is 46.4 Å². The van der Waals surface area contributed by atoms with E-state index in [1.165, 1.54) is 11.1 Å². The van der Waals surface area contributed by atoms with Gasteiger partial charge >= 0.3 is 0 Å². The summed E-state index contributed by atoms with van der Waals surface area (Å²) in [4.78, 5) is 49.2. The minimum absolute atomic E-state index is 0.551. The van der Waals surface area contributed by atoms with Crippen LogP contribution < -0.4 is 0 Å². The molecule has 0 aliphatic rings. The fraction of sp³-hybridized carbons (Fsp3) is 0. The molecule has 12 nitrogen and oxygen atoms in total. The quantitative estimate of drug-likeness (QED) is 0.102. The molecule has 0 aliphatic carbocycles. The highest BCUT2D eigenvalue weighted by Gasteiger charge is 2.22. The third-order valence-corrected chi connectivity index (χ3v) is 21.6. The summed E-state index contributed by atoms with van der Waals surface area (Å²) in [5.74, 6) is 3.77. The number of pyridine rings is 2. The Balaban J connectivity index is 0.000000147. The van der Waals surface area contributed by atoms with E-state index in [9.17, 15) is 0 Å². The van der Waals surface area contributed by atoms with E-state index in [1.54, 1.807) is 0 Å². The molecule has 0 saturated carbocycles. The lowest BCUT2D eigenvalue weighted by atomic mass is 9.94. The molecule has 0 fully saturated rings. The second kappa shape index (κ2) is 30.4. The van der Waals surface area contributed by atoms with Crippen molar-refractivity contribution < 1.29 is 8.83 Å². The van der Waals surface area contributed by atoms with Gasteiger partial charge in [-0.05, 0) is 150 Å². The van der Waals surface area contributed by atoms with Crippen LogP contribution in [0.5, 0.6) is 0 Å². The van der Waals surface area contributed by atoms with Gasteiger partial charge in [0.15, 0.2) is 34.9 Å². The third-order valence-electron chi connectivity index (χ3n) is 21.6. The average Bonchev–Trinajstić information content (AvgIpc) is 1.58. The third kappa shape index (κ3) is 13.8. The van der Waals surface area contributed by atoms with Crippen LogP contribution in [0.2, 0.25) is 0 Å². The van der Waals surface area contributed by atoms with Crippen molar-refractivity contribution >= 4 is 66.3 Å². The maximum Gasteiger partial charge on any atom is 0.246 e. The highest BCUT2D eigenvalue weighted by atomic mass is 16.3. The Kier molecular flexibility index (Phi) is 18.0. The van der Waals surface area contributed by atoms with Crippen LogP contribution in [0.1, 0.15) is 0 Å². The van der Waals surface area contributed by atoms with Crippen LogP contribution in [0, 0.1) is 0 Å². The number of nitrogens with zero attached hydrogens (tertiary/aromatic N) is 10. The fourth-order valence-electron chi connectivity index (χ4n) is 15.6. The van der Waals surface area contributed by atoms with Crippen LogP contribution in [0.4, 0.5) is 0 Å². The van der Waals surface area contributed by atoms with E-state index in [1.807, 2.05) is 140 Å². The first-order valence-electron chi connectivity index (χ1n) is 39.1. The highest BCUT2D eigenvalue weighted by Crippen LogP contribution is 2.43. The van der Waals surface area contributed by atoms with Gasteiger partial charge in [0, 0.05) is 55.9 Å². The number of hydrogen-bond donors (Lipinski definition) is 0. The topological polar surface area (TPSA) is 155 Å². The van der Waals surface area contributed by atoms with Gasteiger partial charge in [-0.15, -0.1) is 0 Å². The average molecular weight is 1510 g/mol. The molecule has 0 radical (unpaired) electrons. The Morgan fingerprint density at radius 2 is 0.466 bits per heavy atom. The molecular formula is C106H66N10O2. The van der Waals surface area contributed by atoms with Crippen molar-refractivity contribution in [3.8, 4) is 157 Å². The summed E-state index contributed by atoms with van der Waals surface area (Å²) in [5, 5.41) is 2.95. The number of para-hydroxylation sites is 3. The van der Waals surface area contributed by atoms with Gasteiger partial charge in [0.05, 0.1) is 27.5 Å². The monoisotopic (exact) mass is 1510 g/mol. The van der Waals surface area contributed by atoms with Crippen LogP contribution in [-0.4, -0.2) is 49.8 Å². The van der Waals surface area contributed by atoms with Gasteiger partial charge < -0.3 is 8.83 Å². The summed E-state index contributed by atoms with van der Waals surface area (Å²) >= 11 is 0. The number of fused-ring (bicyclic) bond motifs is 8. The number of aromatic nitrogens is 10. The molecule has 7 heterocycles. The van der Waals surface area contributed by atoms with Gasteiger partial charge in [0.1, 0.15) is 16.7 Å². The standard InChI is InChI=1S/2C53H33N5O/c1-3-12-34(13-4-1)35-27-29-39(30-28-35)51-56-50(38-14-5-2-6-15-38)57-52(58-51)43-19-10-17-41(33-43)37-25-23-36(24-26-37)40-16-9-18-42(32-40)47-48-44-20-7-8-22-46(44)59-53(48)55-45-21-11-31-54-49(45)47;1-3-11-34(12-4-1)35-25-27-39(28-26-35)51-56-50(38-13-5-2-6-14-38)57-52(58-51)44-18-10-16-41(32-44)37-23-21-36(22-24-37)40-15-9-17-42(31-40)43-29-30-48-45(33-43)49-53(59-48)55-47-20-8-7-19-46(47)54-49/h2*1-33H. The summed E-state index contributed by atoms with van der Waals surface area (Å²) < 4.78 is 12.4. The first-order chi connectivity index (χ1) is 58.4. The van der Waals surface area contributed by atoms with Gasteiger partial charge in [-0.3, -0.25) is 4.98 Å². The predicted octanol–water partition coefficient (Wildman–Crippen LogP) is 26.8. The Hall–Kier alpha value is -16.2. The lowest BCUT2D eigenvalue weighted by Gasteiger charge is -2.11. The summed E-state index contributed by atoms with van der Waals surface area (Å²) in [6.45, 7) is 0. The van der Waals surface area contributed by atoms with Crippen LogP contribution in [0.25, 0.3) is 224 Å². The van der Waals surface area contributed by atoms with Crippen LogP contribution >= 0.6 is 0 Å². The van der Waals surface area contributed by atoms with E-state index in [4.69, 9.17) is 58.7 Å². The summed E-state index contributed by atoms with van der Waals surface area (Å²) in [6, 6.07) is 135. The van der Waals surface area contributed by atoms with Crippen LogP contribution in [0.3, 0.4) is 0 Å². The van der Waals surface area contributed by atoms with E-state index in [0.717, 1.165) is 166 Å². The Morgan fingerprint density at radius 1 is 0.169 bits per heavy atom. The molecule has 0 N–H and O–H groups in total. The zero-order valence-corrected chi connectivity index (χ0v) is 63.4. The van der Waals surface area contributed by atoms with Crippen molar-refractivity contribution in [2.45, 2.75) is 0 Å². The van der Waals surface area contributed by atoms with Gasteiger partial charge in [-0.1, -0.05) is 328 Å². The number of hydrogen-bond acceptors (Lipinski definition) is 12. The molecule has 0 saturated heterocycles. The molecule has 552 valence electrons. The summed E-state index contributed by atoms with van der Waals surface area (Å²) in [7, 11) is 0. The second-order valence-electron chi connectivity index (χ2n) is 29.0. The van der Waals surface area contributed by atoms with Gasteiger partial charge in [-0.2, -0.15) is 0 Å². The predicted molar refractivity (Wildman–Crippen MR) is 477 cm³/mol. The first kappa shape index (κ1) is 69.7. The number of benzene rings is 15. The van der Waals surface area contributed by atoms with E-state index in [-0.39, 0.29) is 0 Å². The van der Waals surface area contributed by atoms with E-state index < -0.39 is 0 Å². The van der Waals surface area contributed by atoms with E-state index >= 15 is 0 Å². The van der Waals surface area contributed by atoms with Crippen LogP contribution in [0.15, 0.2) is 409 Å². The molecule has 0 bridgehead atoms. The second-order valence-corrected chi connectivity index (χ2v) is 29.0. The molecule has 0 unspecified atom stereocenters. The minimum atomic E-state index is 0.551. The van der Waals surface area contributed by atoms with Gasteiger partial charge in [-0.25, -0.2) is 44.9 Å². The SMILES string of the molecule is c1ccc(-c2ccc(-c3nc(-c4ccccc4)nc(-c4cccc(-c5ccc(-c6cccc(-c7c8ncccc8nc8oc9ccccc9c78)c6)cc5)c4)n3)cc2)cc1.c1ccc(-c2ccc(-c3nc(-c4ccccc4)nc(-c4cccc(-c5ccc(-c6cccc(-c7ccc8oc9nc%10ccccc%10nc9c8c7)c6)cc5)c4)n3)cc2)cc1. The van der Waals surface area contributed by atoms with Gasteiger partial charge in [0.2, 0.25) is 11.4 Å². The van der Waals surface area contributed by atoms with Crippen molar-refractivity contribution in [2.75, 3.05) is 0 Å².